The first-order valence-corrected chi connectivity index (χ1v) is 10.3. The Bertz CT molecular complexity index is 954. The number of nitrogens with one attached hydrogen (secondary N) is 1. The van der Waals surface area contributed by atoms with Crippen LogP contribution in [0.3, 0.4) is 0 Å². The second kappa shape index (κ2) is 7.28. The van der Waals surface area contributed by atoms with Crippen LogP contribution in [0.25, 0.3) is 0 Å². The quantitative estimate of drug-likeness (QED) is 0.595. The Morgan fingerprint density at radius 2 is 1.78 bits per heavy atom. The van der Waals surface area contributed by atoms with Crippen molar-refractivity contribution in [1.29, 1.82) is 0 Å². The molecule has 0 bridgehead atoms. The van der Waals surface area contributed by atoms with Crippen molar-refractivity contribution in [2.75, 3.05) is 0 Å². The first-order chi connectivity index (χ1) is 12.8. The van der Waals surface area contributed by atoms with E-state index in [1.807, 2.05) is 38.1 Å². The van der Waals surface area contributed by atoms with Crippen LogP contribution in [0, 0.1) is 10.1 Å². The molecule has 1 heterocycles. The van der Waals surface area contributed by atoms with E-state index in [1.165, 1.54) is 24.3 Å². The highest BCUT2D eigenvalue weighted by Gasteiger charge is 2.40. The lowest BCUT2D eigenvalue weighted by atomic mass is 9.84. The third-order valence-electron chi connectivity index (χ3n) is 5.13. The third kappa shape index (κ3) is 3.68. The molecule has 0 radical (unpaired) electrons. The molecule has 0 amide bonds. The maximum Gasteiger partial charge on any atom is 0.289 e. The van der Waals surface area contributed by atoms with E-state index in [0.717, 1.165) is 18.4 Å². The minimum absolute atomic E-state index is 0.336. The number of ether oxygens (including phenoxy) is 1. The summed E-state index contributed by atoms with van der Waals surface area (Å²) in [6.07, 6.45) is 1.90. The van der Waals surface area contributed by atoms with Crippen LogP contribution < -0.4 is 9.46 Å². The van der Waals surface area contributed by atoms with E-state index in [1.54, 1.807) is 0 Å². The Balaban J connectivity index is 2.02. The largest absolute Gasteiger partial charge is 0.487 e. The molecule has 1 atom stereocenters. The average Bonchev–Trinajstić information content (AvgIpc) is 2.67. The topological polar surface area (TPSA) is 98.5 Å². The number of nitro benzene ring substituents is 1. The Kier molecular flexibility index (Phi) is 5.21. The molecular formula is C19H22N2O5S. The number of sulfonamides is 1. The van der Waals surface area contributed by atoms with Crippen LogP contribution in [0.5, 0.6) is 5.75 Å². The summed E-state index contributed by atoms with van der Waals surface area (Å²) in [5, 5.41) is 11.2. The van der Waals surface area contributed by atoms with E-state index in [4.69, 9.17) is 4.74 Å². The number of fused-ring (bicyclic) bond motifs is 1. The standard InChI is InChI=1S/C19H22N2O5S/c1-3-19(4-2)13-15(14-9-5-7-11-17(14)26-19)20-27(24,25)18-12-8-6-10-16(18)21(22)23/h5-12,15,20H,3-4,13H2,1-2H3. The summed E-state index contributed by atoms with van der Waals surface area (Å²) in [4.78, 5) is 10.2. The lowest BCUT2D eigenvalue weighted by Crippen LogP contribution is -2.44. The van der Waals surface area contributed by atoms with E-state index in [2.05, 4.69) is 4.72 Å². The SMILES string of the molecule is CCC1(CC)CC(NS(=O)(=O)c2ccccc2[N+](=O)[O-])c2ccccc2O1. The molecule has 3 rings (SSSR count). The number of benzene rings is 2. The molecule has 0 aromatic heterocycles. The second-order valence-corrected chi connectivity index (χ2v) is 8.32. The van der Waals surface area contributed by atoms with Crippen molar-refractivity contribution in [1.82, 2.24) is 4.72 Å². The summed E-state index contributed by atoms with van der Waals surface area (Å²) in [6.45, 7) is 4.01. The normalized spacial score (nSPS) is 18.4. The number of nitro groups is 1. The number of rotatable bonds is 6. The van der Waals surface area contributed by atoms with Gasteiger partial charge in [-0.2, -0.15) is 0 Å². The van der Waals surface area contributed by atoms with Gasteiger partial charge in [0.25, 0.3) is 5.69 Å². The lowest BCUT2D eigenvalue weighted by molar-refractivity contribution is -0.387. The summed E-state index contributed by atoms with van der Waals surface area (Å²) in [7, 11) is -4.09. The summed E-state index contributed by atoms with van der Waals surface area (Å²) in [6, 6.07) is 12.1. The number of para-hydroxylation sites is 2. The zero-order chi connectivity index (χ0) is 19.7. The molecular weight excluding hydrogens is 368 g/mol. The molecule has 0 spiro atoms. The van der Waals surface area contributed by atoms with Crippen LogP contribution in [0.15, 0.2) is 53.4 Å². The Hall–Kier alpha value is -2.45. The van der Waals surface area contributed by atoms with Crippen molar-refractivity contribution in [2.24, 2.45) is 0 Å². The lowest BCUT2D eigenvalue weighted by Gasteiger charge is -2.41. The van der Waals surface area contributed by atoms with Gasteiger partial charge in [-0.15, -0.1) is 0 Å². The molecule has 0 saturated carbocycles. The zero-order valence-corrected chi connectivity index (χ0v) is 16.0. The maximum atomic E-state index is 13.0. The van der Waals surface area contributed by atoms with Gasteiger partial charge >= 0.3 is 0 Å². The van der Waals surface area contributed by atoms with Gasteiger partial charge in [0.05, 0.1) is 11.0 Å². The van der Waals surface area contributed by atoms with Gasteiger partial charge in [0.2, 0.25) is 10.0 Å². The Labute approximate surface area is 158 Å². The molecule has 7 nitrogen and oxygen atoms in total. The summed E-state index contributed by atoms with van der Waals surface area (Å²) >= 11 is 0. The van der Waals surface area contributed by atoms with Gasteiger partial charge in [-0.25, -0.2) is 13.1 Å². The highest BCUT2D eigenvalue weighted by Crippen LogP contribution is 2.43. The minimum atomic E-state index is -4.09. The average molecular weight is 390 g/mol. The van der Waals surface area contributed by atoms with Crippen molar-refractivity contribution >= 4 is 15.7 Å². The van der Waals surface area contributed by atoms with E-state index in [9.17, 15) is 18.5 Å². The summed E-state index contributed by atoms with van der Waals surface area (Å²) in [5.41, 5.74) is -0.191. The van der Waals surface area contributed by atoms with Gasteiger partial charge in [-0.05, 0) is 25.0 Å². The molecule has 1 aliphatic rings. The number of hydrogen-bond donors (Lipinski definition) is 1. The predicted molar refractivity (Wildman–Crippen MR) is 101 cm³/mol. The minimum Gasteiger partial charge on any atom is -0.487 e. The van der Waals surface area contributed by atoms with Gasteiger partial charge in [0.15, 0.2) is 4.90 Å². The monoisotopic (exact) mass is 390 g/mol. The van der Waals surface area contributed by atoms with E-state index < -0.39 is 32.3 Å². The van der Waals surface area contributed by atoms with Crippen molar-refractivity contribution in [3.05, 3.63) is 64.2 Å². The van der Waals surface area contributed by atoms with E-state index in [0.29, 0.717) is 12.2 Å². The number of nitrogens with zero attached hydrogens (tertiary/aromatic N) is 1. The van der Waals surface area contributed by atoms with Crippen LogP contribution in [-0.4, -0.2) is 18.9 Å². The fourth-order valence-corrected chi connectivity index (χ4v) is 4.88. The molecule has 2 aromatic carbocycles. The molecule has 8 heteroatoms. The van der Waals surface area contributed by atoms with Gasteiger partial charge in [0.1, 0.15) is 11.4 Å². The van der Waals surface area contributed by atoms with Gasteiger partial charge in [-0.3, -0.25) is 10.1 Å². The van der Waals surface area contributed by atoms with Gasteiger partial charge in [0, 0.05) is 18.1 Å². The van der Waals surface area contributed by atoms with Crippen molar-refractivity contribution < 1.29 is 18.1 Å². The van der Waals surface area contributed by atoms with E-state index in [-0.39, 0.29) is 4.90 Å². The molecule has 0 aliphatic carbocycles. The first-order valence-electron chi connectivity index (χ1n) is 8.85. The van der Waals surface area contributed by atoms with Crippen LogP contribution in [0.2, 0.25) is 0 Å². The number of hydrogen-bond acceptors (Lipinski definition) is 5. The molecule has 2 aromatic rings. The van der Waals surface area contributed by atoms with Crippen LogP contribution in [0.4, 0.5) is 5.69 Å². The molecule has 27 heavy (non-hydrogen) atoms. The first kappa shape index (κ1) is 19.3. The van der Waals surface area contributed by atoms with Crippen molar-refractivity contribution in [3.63, 3.8) is 0 Å². The second-order valence-electron chi connectivity index (χ2n) is 6.63. The van der Waals surface area contributed by atoms with Crippen molar-refractivity contribution in [3.8, 4) is 5.75 Å². The molecule has 144 valence electrons. The maximum absolute atomic E-state index is 13.0. The Morgan fingerprint density at radius 1 is 1.15 bits per heavy atom. The highest BCUT2D eigenvalue weighted by atomic mass is 32.2. The smallest absolute Gasteiger partial charge is 0.289 e. The molecule has 0 saturated heterocycles. The van der Waals surface area contributed by atoms with E-state index >= 15 is 0 Å². The fraction of sp³-hybridized carbons (Fsp3) is 0.368. The predicted octanol–water partition coefficient (Wildman–Crippen LogP) is 3.96. The highest BCUT2D eigenvalue weighted by molar-refractivity contribution is 7.89. The molecule has 1 unspecified atom stereocenters. The summed E-state index contributed by atoms with van der Waals surface area (Å²) < 4.78 is 34.8. The van der Waals surface area contributed by atoms with Gasteiger partial charge in [-0.1, -0.05) is 44.2 Å². The van der Waals surface area contributed by atoms with Crippen LogP contribution in [-0.2, 0) is 10.0 Å². The van der Waals surface area contributed by atoms with Gasteiger partial charge < -0.3 is 4.74 Å². The Morgan fingerprint density at radius 3 is 2.44 bits per heavy atom. The summed E-state index contributed by atoms with van der Waals surface area (Å²) in [5.74, 6) is 0.641. The molecule has 1 aliphatic heterocycles. The van der Waals surface area contributed by atoms with Crippen molar-refractivity contribution in [2.45, 2.75) is 49.6 Å². The molecule has 0 fully saturated rings. The third-order valence-corrected chi connectivity index (χ3v) is 6.65. The zero-order valence-electron chi connectivity index (χ0n) is 15.2. The van der Waals surface area contributed by atoms with Crippen LogP contribution in [0.1, 0.15) is 44.7 Å². The van der Waals surface area contributed by atoms with Crippen LogP contribution >= 0.6 is 0 Å². The molecule has 1 N–H and O–H groups in total. The fourth-order valence-electron chi connectivity index (χ4n) is 3.49.